The van der Waals surface area contributed by atoms with Crippen LogP contribution in [0.15, 0.2) is 54.6 Å². The third-order valence-electron chi connectivity index (χ3n) is 4.46. The second kappa shape index (κ2) is 6.75. The quantitative estimate of drug-likeness (QED) is 0.762. The van der Waals surface area contributed by atoms with Crippen LogP contribution in [-0.4, -0.2) is 18.0 Å². The van der Waals surface area contributed by atoms with Gasteiger partial charge in [0.15, 0.2) is 0 Å². The molecule has 2 aromatic rings. The van der Waals surface area contributed by atoms with Crippen LogP contribution >= 0.6 is 0 Å². The van der Waals surface area contributed by atoms with E-state index in [0.717, 1.165) is 38.0 Å². The standard InChI is InChI=1S/C19H20F3N/c20-19(21,22)18-10-8-16(9-11-18)17-7-4-12-23(14-17)13-15-5-2-1-3-6-15/h1-3,5-6,8-11,17H,4,7,12-14H2/t17-/m1/s1. The van der Waals surface area contributed by atoms with Gasteiger partial charge < -0.3 is 0 Å². The molecule has 3 rings (SSSR count). The van der Waals surface area contributed by atoms with Gasteiger partial charge >= 0.3 is 6.18 Å². The highest BCUT2D eigenvalue weighted by molar-refractivity contribution is 5.27. The Morgan fingerprint density at radius 3 is 2.30 bits per heavy atom. The third-order valence-corrected chi connectivity index (χ3v) is 4.46. The fraction of sp³-hybridized carbons (Fsp3) is 0.368. The normalized spacial score (nSPS) is 19.7. The maximum Gasteiger partial charge on any atom is 0.416 e. The summed E-state index contributed by atoms with van der Waals surface area (Å²) in [6.45, 7) is 2.85. The Morgan fingerprint density at radius 2 is 1.65 bits per heavy atom. The summed E-state index contributed by atoms with van der Waals surface area (Å²) in [4.78, 5) is 2.39. The Bertz CT molecular complexity index is 619. The summed E-state index contributed by atoms with van der Waals surface area (Å²) in [5.74, 6) is 0.315. The predicted octanol–water partition coefficient (Wildman–Crippen LogP) is 5.09. The van der Waals surface area contributed by atoms with Crippen molar-refractivity contribution >= 4 is 0 Å². The second-order valence-electron chi connectivity index (χ2n) is 6.18. The molecular formula is C19H20F3N. The lowest BCUT2D eigenvalue weighted by Gasteiger charge is -2.33. The first-order valence-electron chi connectivity index (χ1n) is 7.96. The molecule has 1 nitrogen and oxygen atoms in total. The topological polar surface area (TPSA) is 3.24 Å². The van der Waals surface area contributed by atoms with E-state index in [9.17, 15) is 13.2 Å². The highest BCUT2D eigenvalue weighted by atomic mass is 19.4. The van der Waals surface area contributed by atoms with Gasteiger partial charge in [0.1, 0.15) is 0 Å². The molecule has 1 aliphatic rings. The van der Waals surface area contributed by atoms with Gasteiger partial charge in [-0.3, -0.25) is 4.90 Å². The second-order valence-corrected chi connectivity index (χ2v) is 6.18. The van der Waals surface area contributed by atoms with Crippen LogP contribution in [0.25, 0.3) is 0 Å². The van der Waals surface area contributed by atoms with E-state index in [1.807, 2.05) is 18.2 Å². The van der Waals surface area contributed by atoms with Crippen LogP contribution in [0.4, 0.5) is 13.2 Å². The van der Waals surface area contributed by atoms with Crippen molar-refractivity contribution in [2.24, 2.45) is 0 Å². The lowest BCUT2D eigenvalue weighted by molar-refractivity contribution is -0.137. The van der Waals surface area contributed by atoms with Gasteiger partial charge in [-0.25, -0.2) is 0 Å². The third kappa shape index (κ3) is 4.14. The first-order chi connectivity index (χ1) is 11.0. The lowest BCUT2D eigenvalue weighted by atomic mass is 9.90. The molecule has 0 aliphatic carbocycles. The van der Waals surface area contributed by atoms with E-state index in [4.69, 9.17) is 0 Å². The predicted molar refractivity (Wildman–Crippen MR) is 85.1 cm³/mol. The molecule has 1 saturated heterocycles. The molecule has 0 radical (unpaired) electrons. The van der Waals surface area contributed by atoms with Crippen molar-refractivity contribution in [1.29, 1.82) is 0 Å². The van der Waals surface area contributed by atoms with E-state index < -0.39 is 11.7 Å². The summed E-state index contributed by atoms with van der Waals surface area (Å²) in [5.41, 5.74) is 1.72. The molecule has 0 N–H and O–H groups in total. The molecular weight excluding hydrogens is 299 g/mol. The van der Waals surface area contributed by atoms with Gasteiger partial charge in [-0.05, 0) is 48.6 Å². The van der Waals surface area contributed by atoms with Gasteiger partial charge in [-0.1, -0.05) is 42.5 Å². The summed E-state index contributed by atoms with van der Waals surface area (Å²) < 4.78 is 38.0. The maximum atomic E-state index is 12.7. The summed E-state index contributed by atoms with van der Waals surface area (Å²) in [5, 5.41) is 0. The molecule has 0 unspecified atom stereocenters. The average Bonchev–Trinajstić information content (AvgIpc) is 2.55. The minimum absolute atomic E-state index is 0.315. The molecule has 1 heterocycles. The SMILES string of the molecule is FC(F)(F)c1ccc([C@@H]2CCCN(Cc3ccccc3)C2)cc1. The average molecular weight is 319 g/mol. The lowest BCUT2D eigenvalue weighted by Crippen LogP contribution is -2.33. The highest BCUT2D eigenvalue weighted by Crippen LogP contribution is 2.32. The first-order valence-corrected chi connectivity index (χ1v) is 7.96. The number of piperidine rings is 1. The molecule has 0 spiro atoms. The first kappa shape index (κ1) is 16.1. The van der Waals surface area contributed by atoms with Gasteiger partial charge in [0.05, 0.1) is 5.56 Å². The summed E-state index contributed by atoms with van der Waals surface area (Å²) in [6, 6.07) is 16.0. The van der Waals surface area contributed by atoms with Crippen LogP contribution in [-0.2, 0) is 12.7 Å². The van der Waals surface area contributed by atoms with Crippen LogP contribution in [0, 0.1) is 0 Å². The minimum atomic E-state index is -4.26. The van der Waals surface area contributed by atoms with Gasteiger partial charge in [-0.15, -0.1) is 0 Å². The number of halogens is 3. The number of hydrogen-bond acceptors (Lipinski definition) is 1. The van der Waals surface area contributed by atoms with Crippen molar-refractivity contribution in [3.63, 3.8) is 0 Å². The highest BCUT2D eigenvalue weighted by Gasteiger charge is 2.30. The van der Waals surface area contributed by atoms with Crippen LogP contribution in [0.3, 0.4) is 0 Å². The molecule has 1 atom stereocenters. The van der Waals surface area contributed by atoms with Crippen molar-refractivity contribution in [3.05, 3.63) is 71.3 Å². The van der Waals surface area contributed by atoms with Crippen molar-refractivity contribution in [3.8, 4) is 0 Å². The smallest absolute Gasteiger partial charge is 0.298 e. The Morgan fingerprint density at radius 1 is 0.957 bits per heavy atom. The molecule has 1 aliphatic heterocycles. The zero-order valence-electron chi connectivity index (χ0n) is 12.9. The van der Waals surface area contributed by atoms with E-state index in [0.29, 0.717) is 5.92 Å². The Kier molecular flexibility index (Phi) is 4.71. The Balaban J connectivity index is 1.66. The van der Waals surface area contributed by atoms with E-state index in [2.05, 4.69) is 17.0 Å². The number of benzene rings is 2. The summed E-state index contributed by atoms with van der Waals surface area (Å²) in [6.07, 6.45) is -2.14. The number of rotatable bonds is 3. The van der Waals surface area contributed by atoms with Crippen molar-refractivity contribution < 1.29 is 13.2 Å². The van der Waals surface area contributed by atoms with Crippen LogP contribution in [0.1, 0.15) is 35.4 Å². The van der Waals surface area contributed by atoms with Crippen LogP contribution in [0.2, 0.25) is 0 Å². The fourth-order valence-electron chi connectivity index (χ4n) is 3.26. The van der Waals surface area contributed by atoms with E-state index in [1.54, 1.807) is 12.1 Å². The van der Waals surface area contributed by atoms with Gasteiger partial charge in [0.25, 0.3) is 0 Å². The molecule has 2 aromatic carbocycles. The molecule has 0 saturated carbocycles. The van der Waals surface area contributed by atoms with E-state index in [-0.39, 0.29) is 0 Å². The van der Waals surface area contributed by atoms with E-state index in [1.165, 1.54) is 17.7 Å². The minimum Gasteiger partial charge on any atom is -0.298 e. The van der Waals surface area contributed by atoms with Gasteiger partial charge in [0.2, 0.25) is 0 Å². The molecule has 1 fully saturated rings. The largest absolute Gasteiger partial charge is 0.416 e. The van der Waals surface area contributed by atoms with Gasteiger partial charge in [-0.2, -0.15) is 13.2 Å². The number of hydrogen-bond donors (Lipinski definition) is 0. The van der Waals surface area contributed by atoms with Gasteiger partial charge in [0, 0.05) is 13.1 Å². The maximum absolute atomic E-state index is 12.7. The number of likely N-dealkylation sites (tertiary alicyclic amines) is 1. The van der Waals surface area contributed by atoms with Crippen molar-refractivity contribution in [1.82, 2.24) is 4.90 Å². The Labute approximate surface area is 134 Å². The van der Waals surface area contributed by atoms with Crippen molar-refractivity contribution in [2.75, 3.05) is 13.1 Å². The number of alkyl halides is 3. The molecule has 122 valence electrons. The molecule has 23 heavy (non-hydrogen) atoms. The number of nitrogens with zero attached hydrogens (tertiary/aromatic N) is 1. The molecule has 0 aromatic heterocycles. The van der Waals surface area contributed by atoms with Crippen molar-refractivity contribution in [2.45, 2.75) is 31.5 Å². The van der Waals surface area contributed by atoms with Crippen LogP contribution < -0.4 is 0 Å². The van der Waals surface area contributed by atoms with E-state index >= 15 is 0 Å². The zero-order chi connectivity index (χ0) is 16.3. The fourth-order valence-corrected chi connectivity index (χ4v) is 3.26. The summed E-state index contributed by atoms with van der Waals surface area (Å²) in [7, 11) is 0. The zero-order valence-corrected chi connectivity index (χ0v) is 12.9. The van der Waals surface area contributed by atoms with Crippen LogP contribution in [0.5, 0.6) is 0 Å². The molecule has 4 heteroatoms. The molecule has 0 bridgehead atoms. The summed E-state index contributed by atoms with van der Waals surface area (Å²) >= 11 is 0. The Hall–Kier alpha value is -1.81. The monoisotopic (exact) mass is 319 g/mol. The molecule has 0 amide bonds.